The number of rotatable bonds is 5. The molecule has 0 aliphatic heterocycles. The lowest BCUT2D eigenvalue weighted by atomic mass is 10.1. The van der Waals surface area contributed by atoms with Crippen molar-refractivity contribution < 1.29 is 0 Å². The van der Waals surface area contributed by atoms with Crippen molar-refractivity contribution in [3.8, 4) is 0 Å². The van der Waals surface area contributed by atoms with Crippen LogP contribution in [-0.2, 0) is 0 Å². The van der Waals surface area contributed by atoms with Crippen LogP contribution in [0.1, 0.15) is 39.0 Å². The van der Waals surface area contributed by atoms with Gasteiger partial charge in [0.1, 0.15) is 0 Å². The molecule has 0 aliphatic carbocycles. The molecule has 0 aliphatic rings. The normalized spacial score (nSPS) is 8.60. The van der Waals surface area contributed by atoms with E-state index in [1.54, 1.807) is 4.99 Å². The van der Waals surface area contributed by atoms with Gasteiger partial charge in [-0.25, -0.2) is 0 Å². The minimum atomic E-state index is 1.17. The van der Waals surface area contributed by atoms with Crippen molar-refractivity contribution in [3.63, 3.8) is 0 Å². The fraction of sp³-hybridized carbons (Fsp3) is 0.667. The first kappa shape index (κ1) is 10.0. The highest BCUT2D eigenvalue weighted by atomic mass is 79.9. The Morgan fingerprint density at radius 2 is 2.10 bits per heavy atom. The quantitative estimate of drug-likeness (QED) is 0.467. The average Bonchev–Trinajstić information content (AvgIpc) is 1.97. The molecule has 0 aromatic rings. The molecule has 0 N–H and O–H groups in total. The van der Waals surface area contributed by atoms with Crippen LogP contribution < -0.4 is 0 Å². The minimum absolute atomic E-state index is 1.17. The molecule has 0 spiro atoms. The van der Waals surface area contributed by atoms with E-state index < -0.39 is 0 Å². The lowest BCUT2D eigenvalue weighted by molar-refractivity contribution is 0.675. The van der Waals surface area contributed by atoms with Crippen molar-refractivity contribution in [1.82, 2.24) is 0 Å². The lowest BCUT2D eigenvalue weighted by Gasteiger charge is -1.91. The number of hydrogen-bond donors (Lipinski definition) is 0. The van der Waals surface area contributed by atoms with Crippen LogP contribution in [-0.4, -0.2) is 0 Å². The first-order valence-corrected chi connectivity index (χ1v) is 4.83. The molecule has 0 aromatic carbocycles. The monoisotopic (exact) mass is 202 g/mol. The maximum absolute atomic E-state index is 3.16. The van der Waals surface area contributed by atoms with Gasteiger partial charge >= 0.3 is 0 Å². The van der Waals surface area contributed by atoms with E-state index in [4.69, 9.17) is 0 Å². The molecule has 0 atom stereocenters. The lowest BCUT2D eigenvalue weighted by Crippen LogP contribution is -1.72. The van der Waals surface area contributed by atoms with Crippen molar-refractivity contribution in [3.05, 3.63) is 16.8 Å². The summed E-state index contributed by atoms with van der Waals surface area (Å²) in [6.07, 6.45) is 8.59. The Morgan fingerprint density at radius 3 is 2.70 bits per heavy atom. The summed E-state index contributed by atoms with van der Waals surface area (Å²) in [5.41, 5.74) is 2.99. The van der Waals surface area contributed by atoms with Crippen molar-refractivity contribution >= 4 is 15.9 Å². The highest BCUT2D eigenvalue weighted by Crippen LogP contribution is 2.02. The molecule has 0 saturated heterocycles. The van der Waals surface area contributed by atoms with Gasteiger partial charge in [0.05, 0.1) is 0 Å². The van der Waals surface area contributed by atoms with Gasteiger partial charge in [-0.15, -0.1) is 5.73 Å². The van der Waals surface area contributed by atoms with E-state index in [0.29, 0.717) is 0 Å². The molecular weight excluding hydrogens is 188 g/mol. The van der Waals surface area contributed by atoms with Crippen molar-refractivity contribution in [1.29, 1.82) is 0 Å². The van der Waals surface area contributed by atoms with Crippen LogP contribution in [0.5, 0.6) is 0 Å². The molecule has 10 heavy (non-hydrogen) atoms. The second-order valence-electron chi connectivity index (χ2n) is 2.33. The fourth-order valence-electron chi connectivity index (χ4n) is 0.801. The van der Waals surface area contributed by atoms with Crippen molar-refractivity contribution in [2.75, 3.05) is 0 Å². The summed E-state index contributed by atoms with van der Waals surface area (Å²) in [6, 6.07) is 0. The number of unbranched alkanes of at least 4 members (excludes halogenated alkanes) is 4. The fourth-order valence-corrected chi connectivity index (χ4v) is 0.988. The Balaban J connectivity index is 2.97. The third-order valence-electron chi connectivity index (χ3n) is 1.38. The summed E-state index contributed by atoms with van der Waals surface area (Å²) < 4.78 is 0. The SMILES string of the molecule is CCCCCCC=C=CBr. The smallest absolute Gasteiger partial charge is 0.0228 e. The standard InChI is InChI=1S/C9H15Br/c1-2-3-4-5-6-7-8-9-10/h7,9H,2-6H2,1H3. The largest absolute Gasteiger partial charge is 0.118 e. The van der Waals surface area contributed by atoms with Crippen LogP contribution in [0.25, 0.3) is 0 Å². The molecule has 0 amide bonds. The third kappa shape index (κ3) is 8.00. The minimum Gasteiger partial charge on any atom is -0.118 e. The summed E-state index contributed by atoms with van der Waals surface area (Å²) in [7, 11) is 0. The molecule has 0 saturated carbocycles. The second-order valence-corrected chi connectivity index (χ2v) is 2.79. The van der Waals surface area contributed by atoms with E-state index in [1.807, 2.05) is 0 Å². The highest BCUT2D eigenvalue weighted by Gasteiger charge is 1.82. The molecule has 0 heterocycles. The van der Waals surface area contributed by atoms with E-state index in [-0.39, 0.29) is 0 Å². The van der Waals surface area contributed by atoms with Gasteiger partial charge in [-0.1, -0.05) is 42.1 Å². The second kappa shape index (κ2) is 9.00. The first-order chi connectivity index (χ1) is 4.91. The summed E-state index contributed by atoms with van der Waals surface area (Å²) in [5.74, 6) is 0. The molecule has 0 aromatic heterocycles. The molecule has 0 rings (SSSR count). The zero-order valence-electron chi connectivity index (χ0n) is 6.57. The molecule has 1 heteroatoms. The zero-order valence-corrected chi connectivity index (χ0v) is 8.15. The van der Waals surface area contributed by atoms with E-state index in [1.165, 1.54) is 32.1 Å². The topological polar surface area (TPSA) is 0 Å². The van der Waals surface area contributed by atoms with Gasteiger partial charge in [-0.3, -0.25) is 0 Å². The van der Waals surface area contributed by atoms with Crippen molar-refractivity contribution in [2.24, 2.45) is 0 Å². The number of halogens is 1. The number of allylic oxidation sites excluding steroid dienone is 1. The van der Waals surface area contributed by atoms with E-state index in [9.17, 15) is 0 Å². The van der Waals surface area contributed by atoms with Crippen molar-refractivity contribution in [2.45, 2.75) is 39.0 Å². The predicted octanol–water partition coefficient (Wildman–Crippen LogP) is 4.02. The van der Waals surface area contributed by atoms with Crippen LogP contribution in [0.4, 0.5) is 0 Å². The van der Waals surface area contributed by atoms with Gasteiger partial charge in [0.15, 0.2) is 0 Å². The predicted molar refractivity (Wildman–Crippen MR) is 50.3 cm³/mol. The van der Waals surface area contributed by atoms with Gasteiger partial charge in [-0.2, -0.15) is 0 Å². The van der Waals surface area contributed by atoms with Gasteiger partial charge in [0, 0.05) is 4.99 Å². The first-order valence-electron chi connectivity index (χ1n) is 3.91. The van der Waals surface area contributed by atoms with Crippen LogP contribution in [0, 0.1) is 0 Å². The summed E-state index contributed by atoms with van der Waals surface area (Å²) in [4.78, 5) is 1.77. The van der Waals surface area contributed by atoms with Crippen LogP contribution in [0.2, 0.25) is 0 Å². The Bertz CT molecular complexity index is 110. The number of hydrogen-bond acceptors (Lipinski definition) is 0. The Kier molecular flexibility index (Phi) is 9.00. The molecule has 0 bridgehead atoms. The maximum Gasteiger partial charge on any atom is 0.0228 e. The van der Waals surface area contributed by atoms with E-state index >= 15 is 0 Å². The molecule has 0 radical (unpaired) electrons. The van der Waals surface area contributed by atoms with Crippen LogP contribution in [0.15, 0.2) is 16.8 Å². The van der Waals surface area contributed by atoms with E-state index in [2.05, 4.69) is 34.7 Å². The Morgan fingerprint density at radius 1 is 1.30 bits per heavy atom. The zero-order chi connectivity index (χ0) is 7.66. The summed E-state index contributed by atoms with van der Waals surface area (Å²) in [5, 5.41) is 0. The highest BCUT2D eigenvalue weighted by molar-refractivity contribution is 9.11. The van der Waals surface area contributed by atoms with Crippen LogP contribution in [0.3, 0.4) is 0 Å². The van der Waals surface area contributed by atoms with Gasteiger partial charge in [0.25, 0.3) is 0 Å². The molecule has 0 fully saturated rings. The summed E-state index contributed by atoms with van der Waals surface area (Å²) >= 11 is 3.16. The maximum atomic E-state index is 3.16. The van der Waals surface area contributed by atoms with Gasteiger partial charge in [0.2, 0.25) is 0 Å². The molecular formula is C9H15Br. The molecule has 0 unspecified atom stereocenters. The molecule has 0 nitrogen and oxygen atoms in total. The van der Waals surface area contributed by atoms with Gasteiger partial charge < -0.3 is 0 Å². The van der Waals surface area contributed by atoms with Crippen LogP contribution >= 0.6 is 15.9 Å². The average molecular weight is 203 g/mol. The van der Waals surface area contributed by atoms with E-state index in [0.717, 1.165) is 0 Å². The Labute approximate surface area is 72.1 Å². The molecule has 58 valence electrons. The van der Waals surface area contributed by atoms with Gasteiger partial charge in [-0.05, 0) is 18.9 Å². The third-order valence-corrected chi connectivity index (χ3v) is 1.65. The summed E-state index contributed by atoms with van der Waals surface area (Å²) in [6.45, 7) is 2.23. The Hall–Kier alpha value is 0.